The average molecular weight is 347 g/mol. The Morgan fingerprint density at radius 1 is 0.920 bits per heavy atom. The zero-order valence-corrected chi connectivity index (χ0v) is 15.3. The Balaban J connectivity index is 1.74. The van der Waals surface area contributed by atoms with Crippen molar-refractivity contribution in [2.45, 2.75) is 30.1 Å². The minimum atomic E-state index is 0.00908. The van der Waals surface area contributed by atoms with Crippen molar-refractivity contribution in [3.63, 3.8) is 0 Å². The van der Waals surface area contributed by atoms with Crippen LogP contribution >= 0.6 is 11.8 Å². The van der Waals surface area contributed by atoms with Crippen molar-refractivity contribution in [2.75, 3.05) is 5.32 Å². The molecule has 126 valence electrons. The number of nitrogens with one attached hydrogen (secondary N) is 1. The molecular weight excluding hydrogens is 326 g/mol. The fourth-order valence-corrected chi connectivity index (χ4v) is 3.56. The van der Waals surface area contributed by atoms with Crippen LogP contribution in [0.5, 0.6) is 0 Å². The number of hydrogen-bond acceptors (Lipinski definition) is 2. The van der Waals surface area contributed by atoms with Crippen molar-refractivity contribution < 1.29 is 4.79 Å². The second-order valence-corrected chi connectivity index (χ2v) is 7.18. The summed E-state index contributed by atoms with van der Waals surface area (Å²) in [7, 11) is 0. The monoisotopic (exact) mass is 347 g/mol. The molecule has 0 aliphatic carbocycles. The lowest BCUT2D eigenvalue weighted by Gasteiger charge is -2.12. The highest BCUT2D eigenvalue weighted by atomic mass is 32.2. The van der Waals surface area contributed by atoms with Crippen molar-refractivity contribution in [2.24, 2.45) is 0 Å². The van der Waals surface area contributed by atoms with Gasteiger partial charge in [-0.05, 0) is 49.2 Å². The van der Waals surface area contributed by atoms with Gasteiger partial charge in [0.15, 0.2) is 0 Å². The lowest BCUT2D eigenvalue weighted by molar-refractivity contribution is -0.115. The van der Waals surface area contributed by atoms with Crippen LogP contribution in [0.1, 0.15) is 16.7 Å². The van der Waals surface area contributed by atoms with E-state index < -0.39 is 0 Å². The molecule has 0 saturated carbocycles. The molecule has 0 bridgehead atoms. The van der Waals surface area contributed by atoms with Gasteiger partial charge in [0.05, 0.1) is 12.1 Å². The van der Waals surface area contributed by atoms with E-state index in [1.807, 2.05) is 56.3 Å². The maximum atomic E-state index is 12.5. The fraction of sp³-hybridized carbons (Fsp3) is 0.136. The molecule has 0 aromatic heterocycles. The van der Waals surface area contributed by atoms with Gasteiger partial charge in [0.2, 0.25) is 5.91 Å². The molecule has 0 saturated heterocycles. The van der Waals surface area contributed by atoms with Gasteiger partial charge in [-0.3, -0.25) is 4.79 Å². The standard InChI is InChI=1S/C22H21NOS/c1-16-12-13-17(2)18(14-16)15-22(24)23-20-10-6-7-11-21(20)25-19-8-4-3-5-9-19/h3-14H,15H2,1-2H3,(H,23,24). The summed E-state index contributed by atoms with van der Waals surface area (Å²) in [5.74, 6) is 0.00908. The first-order valence-electron chi connectivity index (χ1n) is 8.30. The van der Waals surface area contributed by atoms with Gasteiger partial charge in [-0.1, -0.05) is 65.9 Å². The summed E-state index contributed by atoms with van der Waals surface area (Å²) in [4.78, 5) is 14.7. The summed E-state index contributed by atoms with van der Waals surface area (Å²) in [5, 5.41) is 3.07. The van der Waals surface area contributed by atoms with Crippen LogP contribution in [0.2, 0.25) is 0 Å². The number of aryl methyl sites for hydroxylation is 2. The van der Waals surface area contributed by atoms with E-state index in [0.717, 1.165) is 26.6 Å². The third-order valence-corrected chi connectivity index (χ3v) is 5.07. The average Bonchev–Trinajstić information content (AvgIpc) is 2.61. The molecule has 25 heavy (non-hydrogen) atoms. The fourth-order valence-electron chi connectivity index (χ4n) is 2.63. The number of anilines is 1. The molecule has 0 radical (unpaired) electrons. The quantitative estimate of drug-likeness (QED) is 0.647. The first-order chi connectivity index (χ1) is 12.1. The third-order valence-electron chi connectivity index (χ3n) is 3.99. The lowest BCUT2D eigenvalue weighted by atomic mass is 10.0. The Kier molecular flexibility index (Phi) is 5.56. The van der Waals surface area contributed by atoms with Crippen LogP contribution < -0.4 is 5.32 Å². The summed E-state index contributed by atoms with van der Waals surface area (Å²) in [6.07, 6.45) is 0.387. The number of carbonyl (C=O) groups is 1. The van der Waals surface area contributed by atoms with Gasteiger partial charge < -0.3 is 5.32 Å². The van der Waals surface area contributed by atoms with Gasteiger partial charge in [0, 0.05) is 9.79 Å². The molecule has 3 heteroatoms. The third kappa shape index (κ3) is 4.74. The van der Waals surface area contributed by atoms with Crippen LogP contribution in [0.3, 0.4) is 0 Å². The molecule has 3 aromatic carbocycles. The van der Waals surface area contributed by atoms with Gasteiger partial charge in [-0.15, -0.1) is 0 Å². The number of rotatable bonds is 5. The minimum Gasteiger partial charge on any atom is -0.325 e. The van der Waals surface area contributed by atoms with Crippen molar-refractivity contribution >= 4 is 23.4 Å². The van der Waals surface area contributed by atoms with Gasteiger partial charge >= 0.3 is 0 Å². The van der Waals surface area contributed by atoms with E-state index in [0.29, 0.717) is 6.42 Å². The molecule has 0 spiro atoms. The van der Waals surface area contributed by atoms with E-state index in [4.69, 9.17) is 0 Å². The number of para-hydroxylation sites is 1. The van der Waals surface area contributed by atoms with Crippen LogP contribution in [-0.4, -0.2) is 5.91 Å². The molecule has 0 heterocycles. The Morgan fingerprint density at radius 2 is 1.64 bits per heavy atom. The Morgan fingerprint density at radius 3 is 2.44 bits per heavy atom. The molecule has 1 N–H and O–H groups in total. The van der Waals surface area contributed by atoms with E-state index in [-0.39, 0.29) is 5.91 Å². The Labute approximate surface area is 153 Å². The molecule has 1 amide bonds. The van der Waals surface area contributed by atoms with Crippen LogP contribution in [0, 0.1) is 13.8 Å². The van der Waals surface area contributed by atoms with Gasteiger partial charge in [-0.2, -0.15) is 0 Å². The SMILES string of the molecule is Cc1ccc(C)c(CC(=O)Nc2ccccc2Sc2ccccc2)c1. The van der Waals surface area contributed by atoms with Gasteiger partial charge in [0.25, 0.3) is 0 Å². The number of hydrogen-bond donors (Lipinski definition) is 1. The number of benzene rings is 3. The van der Waals surface area contributed by atoms with Crippen LogP contribution in [-0.2, 0) is 11.2 Å². The lowest BCUT2D eigenvalue weighted by Crippen LogP contribution is -2.15. The Hall–Kier alpha value is -2.52. The van der Waals surface area contributed by atoms with Gasteiger partial charge in [-0.25, -0.2) is 0 Å². The first kappa shape index (κ1) is 17.3. The second-order valence-electron chi connectivity index (χ2n) is 6.07. The number of amides is 1. The highest BCUT2D eigenvalue weighted by molar-refractivity contribution is 7.99. The van der Waals surface area contributed by atoms with E-state index in [1.54, 1.807) is 11.8 Å². The number of carbonyl (C=O) groups excluding carboxylic acids is 1. The molecule has 0 fully saturated rings. The highest BCUT2D eigenvalue weighted by Crippen LogP contribution is 2.33. The topological polar surface area (TPSA) is 29.1 Å². The van der Waals surface area contributed by atoms with E-state index in [2.05, 4.69) is 35.6 Å². The smallest absolute Gasteiger partial charge is 0.228 e. The largest absolute Gasteiger partial charge is 0.325 e. The summed E-state index contributed by atoms with van der Waals surface area (Å²) < 4.78 is 0. The minimum absolute atomic E-state index is 0.00908. The molecule has 0 unspecified atom stereocenters. The van der Waals surface area contributed by atoms with Crippen molar-refractivity contribution in [3.05, 3.63) is 89.5 Å². The zero-order valence-electron chi connectivity index (χ0n) is 14.5. The summed E-state index contributed by atoms with van der Waals surface area (Å²) in [5.41, 5.74) is 4.25. The molecular formula is C22H21NOS. The highest BCUT2D eigenvalue weighted by Gasteiger charge is 2.10. The zero-order chi connectivity index (χ0) is 17.6. The van der Waals surface area contributed by atoms with Gasteiger partial charge in [0.1, 0.15) is 0 Å². The molecule has 0 aliphatic heterocycles. The molecule has 3 aromatic rings. The molecule has 3 rings (SSSR count). The van der Waals surface area contributed by atoms with Crippen molar-refractivity contribution in [3.8, 4) is 0 Å². The van der Waals surface area contributed by atoms with E-state index in [1.165, 1.54) is 5.56 Å². The van der Waals surface area contributed by atoms with Crippen molar-refractivity contribution in [1.29, 1.82) is 0 Å². The maximum Gasteiger partial charge on any atom is 0.228 e. The summed E-state index contributed by atoms with van der Waals surface area (Å²) in [6.45, 7) is 4.09. The normalized spacial score (nSPS) is 10.5. The van der Waals surface area contributed by atoms with E-state index in [9.17, 15) is 4.79 Å². The molecule has 0 aliphatic rings. The predicted molar refractivity (Wildman–Crippen MR) is 105 cm³/mol. The second kappa shape index (κ2) is 8.04. The summed E-state index contributed by atoms with van der Waals surface area (Å²) in [6, 6.07) is 24.3. The maximum absolute atomic E-state index is 12.5. The predicted octanol–water partition coefficient (Wildman–Crippen LogP) is 5.64. The molecule has 2 nitrogen and oxygen atoms in total. The summed E-state index contributed by atoms with van der Waals surface area (Å²) >= 11 is 1.65. The first-order valence-corrected chi connectivity index (χ1v) is 9.11. The Bertz CT molecular complexity index is 874. The van der Waals surface area contributed by atoms with E-state index >= 15 is 0 Å². The molecule has 0 atom stereocenters. The van der Waals surface area contributed by atoms with Crippen molar-refractivity contribution in [1.82, 2.24) is 0 Å². The van der Waals surface area contributed by atoms with Crippen LogP contribution in [0.4, 0.5) is 5.69 Å². The van der Waals surface area contributed by atoms with Crippen LogP contribution in [0.25, 0.3) is 0 Å². The van der Waals surface area contributed by atoms with Crippen LogP contribution in [0.15, 0.2) is 82.6 Å².